The van der Waals surface area contributed by atoms with Gasteiger partial charge in [-0.1, -0.05) is 13.8 Å². The molecule has 0 aliphatic heterocycles. The molecular weight excluding hydrogens is 352 g/mol. The number of aliphatic carboxylic acids is 1. The lowest BCUT2D eigenvalue weighted by Crippen LogP contribution is -2.76. The van der Waals surface area contributed by atoms with E-state index in [4.69, 9.17) is 13.6 Å². The fourth-order valence-electron chi connectivity index (χ4n) is 3.57. The first kappa shape index (κ1) is 19.2. The zero-order valence-electron chi connectivity index (χ0n) is 15.9. The van der Waals surface area contributed by atoms with E-state index >= 15 is 0 Å². The van der Waals surface area contributed by atoms with Crippen LogP contribution in [0.1, 0.15) is 38.6 Å². The monoisotopic (exact) mass is 376 g/mol. The number of rotatable bonds is 7. The number of nitrogens with zero attached hydrogens (tertiary/aromatic N) is 1. The minimum absolute atomic E-state index is 0.0829. The van der Waals surface area contributed by atoms with Crippen LogP contribution in [-0.4, -0.2) is 40.2 Å². The van der Waals surface area contributed by atoms with Crippen molar-refractivity contribution >= 4 is 11.9 Å². The van der Waals surface area contributed by atoms with E-state index in [1.54, 1.807) is 32.9 Å². The molecule has 2 aromatic heterocycles. The van der Waals surface area contributed by atoms with Crippen LogP contribution in [0.2, 0.25) is 0 Å². The lowest BCUT2D eigenvalue weighted by atomic mass is 9.54. The molecule has 1 amide bonds. The lowest BCUT2D eigenvalue weighted by molar-refractivity contribution is -0.194. The summed E-state index contributed by atoms with van der Waals surface area (Å²) in [5, 5.41) is 12.5. The van der Waals surface area contributed by atoms with Gasteiger partial charge in [0.25, 0.3) is 5.89 Å². The summed E-state index contributed by atoms with van der Waals surface area (Å²) >= 11 is 0. The number of hydrogen-bond acceptors (Lipinski definition) is 6. The number of carbonyl (C=O) groups excluding carboxylic acids is 1. The van der Waals surface area contributed by atoms with Crippen molar-refractivity contribution in [2.45, 2.75) is 52.2 Å². The van der Waals surface area contributed by atoms with Gasteiger partial charge in [0.05, 0.1) is 24.5 Å². The molecule has 1 saturated carbocycles. The summed E-state index contributed by atoms with van der Waals surface area (Å²) < 4.78 is 16.4. The van der Waals surface area contributed by atoms with Crippen LogP contribution in [0.15, 0.2) is 27.2 Å². The highest BCUT2D eigenvalue weighted by Gasteiger charge is 2.66. The maximum absolute atomic E-state index is 12.6. The van der Waals surface area contributed by atoms with E-state index in [0.717, 1.165) is 0 Å². The van der Waals surface area contributed by atoms with Gasteiger partial charge in [-0.05, 0) is 26.0 Å². The Morgan fingerprint density at radius 1 is 1.44 bits per heavy atom. The highest BCUT2D eigenvalue weighted by Crippen LogP contribution is 2.51. The zero-order chi connectivity index (χ0) is 19.8. The van der Waals surface area contributed by atoms with Crippen molar-refractivity contribution in [2.75, 3.05) is 6.61 Å². The first-order valence-electron chi connectivity index (χ1n) is 8.87. The van der Waals surface area contributed by atoms with Crippen LogP contribution in [0.4, 0.5) is 0 Å². The average Bonchev–Trinajstić information content (AvgIpc) is 3.24. The van der Waals surface area contributed by atoms with Gasteiger partial charge in [0.1, 0.15) is 11.3 Å². The number of nitrogens with one attached hydrogen (secondary N) is 1. The molecule has 2 heterocycles. The minimum Gasteiger partial charge on any atom is -0.479 e. The molecule has 8 nitrogen and oxygen atoms in total. The van der Waals surface area contributed by atoms with Gasteiger partial charge in [-0.2, -0.15) is 0 Å². The molecule has 0 bridgehead atoms. The molecule has 2 aromatic rings. The summed E-state index contributed by atoms with van der Waals surface area (Å²) in [6, 6.07) is 3.42. The molecule has 1 aliphatic rings. The molecule has 8 heteroatoms. The number of carboxylic acids is 1. The second kappa shape index (κ2) is 6.84. The first-order chi connectivity index (χ1) is 12.7. The molecule has 0 aromatic carbocycles. The van der Waals surface area contributed by atoms with Gasteiger partial charge in [-0.25, -0.2) is 9.78 Å². The molecule has 2 N–H and O–H groups in total. The van der Waals surface area contributed by atoms with Crippen LogP contribution in [0.25, 0.3) is 11.7 Å². The summed E-state index contributed by atoms with van der Waals surface area (Å²) in [5.74, 6) is -0.256. The number of aromatic nitrogens is 1. The van der Waals surface area contributed by atoms with Crippen molar-refractivity contribution in [3.8, 4) is 11.7 Å². The molecule has 1 fully saturated rings. The Bertz CT molecular complexity index is 839. The number of ether oxygens (including phenoxy) is 1. The summed E-state index contributed by atoms with van der Waals surface area (Å²) in [7, 11) is 0. The van der Waals surface area contributed by atoms with Crippen molar-refractivity contribution in [1.82, 2.24) is 10.3 Å². The molecule has 2 atom stereocenters. The average molecular weight is 376 g/mol. The Morgan fingerprint density at radius 3 is 2.74 bits per heavy atom. The summed E-state index contributed by atoms with van der Waals surface area (Å²) in [5.41, 5.74) is -1.66. The van der Waals surface area contributed by atoms with Crippen molar-refractivity contribution < 1.29 is 28.3 Å². The van der Waals surface area contributed by atoms with E-state index in [1.807, 2.05) is 6.92 Å². The highest BCUT2D eigenvalue weighted by molar-refractivity contribution is 5.90. The molecular formula is C19H24N2O6. The number of carboxylic acid groups (broad SMARTS) is 1. The molecule has 2 unspecified atom stereocenters. The van der Waals surface area contributed by atoms with E-state index in [2.05, 4.69) is 10.3 Å². The van der Waals surface area contributed by atoms with Crippen LogP contribution >= 0.6 is 0 Å². The van der Waals surface area contributed by atoms with Gasteiger partial charge in [0, 0.05) is 18.4 Å². The maximum Gasteiger partial charge on any atom is 0.330 e. The molecule has 146 valence electrons. The summed E-state index contributed by atoms with van der Waals surface area (Å²) in [6.07, 6.45) is 1.43. The Kier molecular flexibility index (Phi) is 4.86. The maximum atomic E-state index is 12.6. The molecule has 0 spiro atoms. The SMILES string of the molecule is CCOC1CC(NC(=O)Cc2nc(-c3ccco3)oc2C)(C(=O)O)C1(C)C. The highest BCUT2D eigenvalue weighted by atomic mass is 16.5. The second-order valence-corrected chi connectivity index (χ2v) is 7.30. The molecule has 0 radical (unpaired) electrons. The van der Waals surface area contributed by atoms with Gasteiger partial charge in [-0.3, -0.25) is 4.79 Å². The molecule has 27 heavy (non-hydrogen) atoms. The van der Waals surface area contributed by atoms with Gasteiger partial charge < -0.3 is 24.0 Å². The fraction of sp³-hybridized carbons (Fsp3) is 0.526. The van der Waals surface area contributed by atoms with Gasteiger partial charge in [-0.15, -0.1) is 0 Å². The van der Waals surface area contributed by atoms with Gasteiger partial charge >= 0.3 is 5.97 Å². The van der Waals surface area contributed by atoms with E-state index in [1.165, 1.54) is 6.26 Å². The Hall–Kier alpha value is -2.61. The fourth-order valence-corrected chi connectivity index (χ4v) is 3.57. The normalized spacial score (nSPS) is 23.6. The molecule has 0 saturated heterocycles. The third-order valence-corrected chi connectivity index (χ3v) is 5.43. The van der Waals surface area contributed by atoms with E-state index < -0.39 is 22.8 Å². The molecule has 1 aliphatic carbocycles. The van der Waals surface area contributed by atoms with Crippen molar-refractivity contribution in [3.05, 3.63) is 29.9 Å². The third kappa shape index (κ3) is 3.14. The number of amides is 1. The van der Waals surface area contributed by atoms with E-state index in [0.29, 0.717) is 23.8 Å². The first-order valence-corrected chi connectivity index (χ1v) is 8.87. The van der Waals surface area contributed by atoms with Crippen molar-refractivity contribution in [2.24, 2.45) is 5.41 Å². The number of furan rings is 1. The van der Waals surface area contributed by atoms with Crippen molar-refractivity contribution in [3.63, 3.8) is 0 Å². The number of carbonyl (C=O) groups is 2. The van der Waals surface area contributed by atoms with Crippen LogP contribution in [0.5, 0.6) is 0 Å². The van der Waals surface area contributed by atoms with Crippen LogP contribution in [0.3, 0.4) is 0 Å². The molecule has 3 rings (SSSR count). The standard InChI is InChI=1S/C19H24N2O6/c1-5-25-14-10-19(17(23)24,18(14,3)4)21-15(22)9-12-11(2)27-16(20-12)13-7-6-8-26-13/h6-8,14H,5,9-10H2,1-4H3,(H,21,22)(H,23,24). The van der Waals surface area contributed by atoms with E-state index in [9.17, 15) is 14.7 Å². The van der Waals surface area contributed by atoms with Crippen LogP contribution in [0, 0.1) is 12.3 Å². The second-order valence-electron chi connectivity index (χ2n) is 7.30. The Morgan fingerprint density at radius 2 is 2.19 bits per heavy atom. The number of hydrogen-bond donors (Lipinski definition) is 2. The number of oxazole rings is 1. The topological polar surface area (TPSA) is 115 Å². The lowest BCUT2D eigenvalue weighted by Gasteiger charge is -2.58. The Labute approximate surface area is 156 Å². The summed E-state index contributed by atoms with van der Waals surface area (Å²) in [4.78, 5) is 28.9. The Balaban J connectivity index is 1.74. The largest absolute Gasteiger partial charge is 0.479 e. The van der Waals surface area contributed by atoms with E-state index in [-0.39, 0.29) is 24.8 Å². The van der Waals surface area contributed by atoms with Crippen molar-refractivity contribution in [1.29, 1.82) is 0 Å². The minimum atomic E-state index is -1.37. The predicted molar refractivity (Wildman–Crippen MR) is 95.0 cm³/mol. The summed E-state index contributed by atoms with van der Waals surface area (Å²) in [6.45, 7) is 7.64. The number of aryl methyl sites for hydroxylation is 1. The smallest absolute Gasteiger partial charge is 0.330 e. The zero-order valence-corrected chi connectivity index (χ0v) is 15.9. The quantitative estimate of drug-likeness (QED) is 0.763. The van der Waals surface area contributed by atoms with Gasteiger partial charge in [0.2, 0.25) is 5.91 Å². The van der Waals surface area contributed by atoms with Crippen LogP contribution < -0.4 is 5.32 Å². The third-order valence-electron chi connectivity index (χ3n) is 5.43. The van der Waals surface area contributed by atoms with Gasteiger partial charge in [0.15, 0.2) is 5.76 Å². The predicted octanol–water partition coefficient (Wildman–Crippen LogP) is 2.56. The van der Waals surface area contributed by atoms with Crippen LogP contribution in [-0.2, 0) is 20.7 Å².